The van der Waals surface area contributed by atoms with Crippen LogP contribution < -0.4 is 0 Å². The Morgan fingerprint density at radius 1 is 1.27 bits per heavy atom. The van der Waals surface area contributed by atoms with Crippen LogP contribution >= 0.6 is 11.3 Å². The van der Waals surface area contributed by atoms with Crippen molar-refractivity contribution in [3.05, 3.63) is 34.5 Å². The van der Waals surface area contributed by atoms with Gasteiger partial charge in [0, 0.05) is 0 Å². The number of hydrogen-bond donors (Lipinski definition) is 0. The van der Waals surface area contributed by atoms with Crippen LogP contribution in [-0.4, -0.2) is 0 Å². The van der Waals surface area contributed by atoms with Crippen LogP contribution in [0.1, 0.15) is 5.56 Å². The highest BCUT2D eigenvalue weighted by Crippen LogP contribution is 2.28. The second-order valence-corrected chi connectivity index (χ2v) is 3.21. The number of hydrogen-bond acceptors (Lipinski definition) is 1. The second-order valence-electron chi connectivity index (χ2n) is 2.43. The summed E-state index contributed by atoms with van der Waals surface area (Å²) in [6, 6.07) is 5.91. The van der Waals surface area contributed by atoms with Gasteiger partial charge < -0.3 is 0 Å². The van der Waals surface area contributed by atoms with Gasteiger partial charge in [-0.2, -0.15) is 11.3 Å². The fourth-order valence-corrected chi connectivity index (χ4v) is 1.85. The van der Waals surface area contributed by atoms with Gasteiger partial charge in [0.2, 0.25) is 0 Å². The zero-order chi connectivity index (χ0) is 7.68. The molecule has 1 radical (unpaired) electrons. The summed E-state index contributed by atoms with van der Waals surface area (Å²) >= 11 is 1.65. The van der Waals surface area contributed by atoms with E-state index in [0.717, 1.165) is 11.1 Å². The lowest BCUT2D eigenvalue weighted by atomic mass is 10.1. The standard InChI is InChI=1S/C9H7OS/c10-5-7-1-2-8-6-11-4-3-9(7)8/h1-4,6H,5H2. The molecule has 1 nitrogen and oxygen atoms in total. The number of rotatable bonds is 1. The Bertz CT molecular complexity index is 326. The van der Waals surface area contributed by atoms with Gasteiger partial charge in [-0.25, -0.2) is 5.11 Å². The normalized spacial score (nSPS) is 10.6. The molecule has 0 atom stereocenters. The average Bonchev–Trinajstić information content (AvgIpc) is 2.47. The van der Waals surface area contributed by atoms with E-state index in [4.69, 9.17) is 0 Å². The predicted molar refractivity (Wildman–Crippen MR) is 45.3 cm³/mol. The van der Waals surface area contributed by atoms with E-state index in [1.54, 1.807) is 11.3 Å². The zero-order valence-corrected chi connectivity index (χ0v) is 6.73. The van der Waals surface area contributed by atoms with E-state index < -0.39 is 0 Å². The van der Waals surface area contributed by atoms with Crippen molar-refractivity contribution in [1.29, 1.82) is 0 Å². The molecule has 0 fully saturated rings. The molecule has 1 heterocycles. The topological polar surface area (TPSA) is 19.9 Å². The molecule has 0 amide bonds. The molecule has 0 unspecified atom stereocenters. The Labute approximate surface area is 69.3 Å². The van der Waals surface area contributed by atoms with E-state index in [1.807, 2.05) is 23.6 Å². The second kappa shape index (κ2) is 2.64. The van der Waals surface area contributed by atoms with Crippen molar-refractivity contribution in [3.63, 3.8) is 0 Å². The SMILES string of the molecule is [O]Cc1ccc2csccc1-2. The van der Waals surface area contributed by atoms with Gasteiger partial charge >= 0.3 is 0 Å². The minimum atomic E-state index is -0.113. The Kier molecular flexibility index (Phi) is 1.64. The van der Waals surface area contributed by atoms with Crippen LogP contribution in [0.2, 0.25) is 0 Å². The van der Waals surface area contributed by atoms with E-state index in [1.165, 1.54) is 5.56 Å². The minimum absolute atomic E-state index is 0.113. The summed E-state index contributed by atoms with van der Waals surface area (Å²) in [6.45, 7) is -0.113. The highest BCUT2D eigenvalue weighted by atomic mass is 32.1. The van der Waals surface area contributed by atoms with Gasteiger partial charge in [-0.3, -0.25) is 0 Å². The van der Waals surface area contributed by atoms with E-state index in [-0.39, 0.29) is 6.61 Å². The van der Waals surface area contributed by atoms with E-state index in [9.17, 15) is 5.11 Å². The Morgan fingerprint density at radius 3 is 3.00 bits per heavy atom. The fourth-order valence-electron chi connectivity index (χ4n) is 1.21. The Balaban J connectivity index is 2.64. The molecule has 1 aliphatic heterocycles. The van der Waals surface area contributed by atoms with Crippen molar-refractivity contribution in [2.24, 2.45) is 0 Å². The first-order valence-electron chi connectivity index (χ1n) is 3.44. The maximum absolute atomic E-state index is 10.6. The molecule has 2 heteroatoms. The van der Waals surface area contributed by atoms with E-state index in [2.05, 4.69) is 5.38 Å². The molecule has 0 aromatic carbocycles. The quantitative estimate of drug-likeness (QED) is 0.616. The van der Waals surface area contributed by atoms with Gasteiger partial charge in [-0.1, -0.05) is 12.1 Å². The van der Waals surface area contributed by atoms with Crippen LogP contribution in [-0.2, 0) is 11.7 Å². The van der Waals surface area contributed by atoms with Gasteiger partial charge in [-0.05, 0) is 33.5 Å². The lowest BCUT2D eigenvalue weighted by Gasteiger charge is -1.97. The summed E-state index contributed by atoms with van der Waals surface area (Å²) in [5.41, 5.74) is 3.20. The first-order valence-corrected chi connectivity index (χ1v) is 4.38. The van der Waals surface area contributed by atoms with Crippen LogP contribution in [0.3, 0.4) is 0 Å². The summed E-state index contributed by atoms with van der Waals surface area (Å²) in [5, 5.41) is 14.7. The van der Waals surface area contributed by atoms with Gasteiger partial charge in [0.05, 0.1) is 0 Å². The van der Waals surface area contributed by atoms with Crippen molar-refractivity contribution in [2.45, 2.75) is 6.61 Å². The molecule has 11 heavy (non-hydrogen) atoms. The molecule has 0 spiro atoms. The molecule has 0 N–H and O–H groups in total. The summed E-state index contributed by atoms with van der Waals surface area (Å²) < 4.78 is 0. The monoisotopic (exact) mass is 163 g/mol. The maximum atomic E-state index is 10.6. The minimum Gasteiger partial charge on any atom is -0.232 e. The van der Waals surface area contributed by atoms with Crippen LogP contribution in [0, 0.1) is 0 Å². The summed E-state index contributed by atoms with van der Waals surface area (Å²) in [6.07, 6.45) is 0. The van der Waals surface area contributed by atoms with Crippen molar-refractivity contribution >= 4 is 11.3 Å². The highest BCUT2D eigenvalue weighted by Gasteiger charge is 2.06. The van der Waals surface area contributed by atoms with Gasteiger partial charge in [-0.15, -0.1) is 0 Å². The van der Waals surface area contributed by atoms with Gasteiger partial charge in [0.1, 0.15) is 6.61 Å². The third kappa shape index (κ3) is 1.04. The first kappa shape index (κ1) is 6.83. The smallest absolute Gasteiger partial charge is 0.108 e. The van der Waals surface area contributed by atoms with E-state index >= 15 is 0 Å². The van der Waals surface area contributed by atoms with Crippen LogP contribution in [0.5, 0.6) is 0 Å². The molecule has 1 aliphatic carbocycles. The summed E-state index contributed by atoms with van der Waals surface area (Å²) in [5.74, 6) is 0. The lowest BCUT2D eigenvalue weighted by molar-refractivity contribution is 0.178. The average molecular weight is 163 g/mol. The van der Waals surface area contributed by atoms with Crippen molar-refractivity contribution in [2.75, 3.05) is 0 Å². The predicted octanol–water partition coefficient (Wildman–Crippen LogP) is 2.78. The molecule has 55 valence electrons. The molecule has 0 aromatic heterocycles. The molecular formula is C9H7OS. The van der Waals surface area contributed by atoms with Crippen LogP contribution in [0.15, 0.2) is 29.0 Å². The highest BCUT2D eigenvalue weighted by molar-refractivity contribution is 7.07. The third-order valence-corrected chi connectivity index (χ3v) is 2.47. The summed E-state index contributed by atoms with van der Waals surface area (Å²) in [4.78, 5) is 0. The van der Waals surface area contributed by atoms with Crippen molar-refractivity contribution in [1.82, 2.24) is 0 Å². The Morgan fingerprint density at radius 2 is 2.18 bits per heavy atom. The summed E-state index contributed by atoms with van der Waals surface area (Å²) in [7, 11) is 0. The van der Waals surface area contributed by atoms with Crippen molar-refractivity contribution < 1.29 is 5.11 Å². The molecule has 0 aromatic rings. The third-order valence-electron chi connectivity index (χ3n) is 1.78. The molecule has 0 bridgehead atoms. The van der Waals surface area contributed by atoms with Gasteiger partial charge in [0.25, 0.3) is 0 Å². The van der Waals surface area contributed by atoms with Crippen LogP contribution in [0.4, 0.5) is 0 Å². The maximum Gasteiger partial charge on any atom is 0.108 e. The van der Waals surface area contributed by atoms with Crippen molar-refractivity contribution in [3.8, 4) is 11.1 Å². The van der Waals surface area contributed by atoms with E-state index in [0.29, 0.717) is 0 Å². The number of fused-ring (bicyclic) bond motifs is 1. The molecule has 0 saturated carbocycles. The fraction of sp³-hybridized carbons (Fsp3) is 0.111. The first-order chi connectivity index (χ1) is 5.42. The molecule has 2 rings (SSSR count). The Hall–Kier alpha value is -0.860. The largest absolute Gasteiger partial charge is 0.232 e. The lowest BCUT2D eigenvalue weighted by Crippen LogP contribution is -1.78. The molecular weight excluding hydrogens is 156 g/mol. The zero-order valence-electron chi connectivity index (χ0n) is 5.91. The van der Waals surface area contributed by atoms with Gasteiger partial charge in [0.15, 0.2) is 0 Å². The van der Waals surface area contributed by atoms with Crippen LogP contribution in [0.25, 0.3) is 11.1 Å². The molecule has 0 saturated heterocycles. The molecule has 2 aliphatic rings.